The molecule has 1 aromatic heterocycles. The summed E-state index contributed by atoms with van der Waals surface area (Å²) in [5.74, 6) is -1.22. The number of carbonyl (C=O) groups is 1. The molecule has 0 fully saturated rings. The van der Waals surface area contributed by atoms with E-state index in [2.05, 4.69) is 4.98 Å². The van der Waals surface area contributed by atoms with Gasteiger partial charge in [0.05, 0.1) is 5.69 Å². The Labute approximate surface area is 139 Å². The first-order valence-corrected chi connectivity index (χ1v) is 7.99. The number of hydrogen-bond acceptors (Lipinski definition) is 4. The average molecular weight is 333 g/mol. The first-order chi connectivity index (χ1) is 11.5. The molecule has 24 heavy (non-hydrogen) atoms. The maximum absolute atomic E-state index is 12.2. The second-order valence-corrected chi connectivity index (χ2v) is 5.89. The van der Waals surface area contributed by atoms with Gasteiger partial charge in [-0.15, -0.1) is 0 Å². The number of amides is 1. The predicted octanol–water partition coefficient (Wildman–Crippen LogP) is 1.76. The van der Waals surface area contributed by atoms with Gasteiger partial charge in [-0.3, -0.25) is 14.6 Å². The molecule has 7 heteroatoms. The molecule has 2 rings (SSSR count). The first-order valence-electron chi connectivity index (χ1n) is 7.99. The Morgan fingerprint density at radius 3 is 2.54 bits per heavy atom. The lowest BCUT2D eigenvalue weighted by Gasteiger charge is -2.22. The maximum atomic E-state index is 12.2. The number of nitrogens with zero attached hydrogens (tertiary/aromatic N) is 1. The van der Waals surface area contributed by atoms with Gasteiger partial charge in [0.25, 0.3) is 5.91 Å². The van der Waals surface area contributed by atoms with Crippen molar-refractivity contribution < 1.29 is 15.1 Å². The minimum absolute atomic E-state index is 0.237. The zero-order chi connectivity index (χ0) is 17.7. The third-order valence-corrected chi connectivity index (χ3v) is 4.32. The van der Waals surface area contributed by atoms with Crippen LogP contribution in [-0.2, 0) is 17.6 Å². The Morgan fingerprint density at radius 2 is 1.96 bits per heavy atom. The van der Waals surface area contributed by atoms with Crippen LogP contribution in [-0.4, -0.2) is 25.8 Å². The van der Waals surface area contributed by atoms with Crippen molar-refractivity contribution in [3.8, 4) is 5.88 Å². The molecule has 1 heterocycles. The highest BCUT2D eigenvalue weighted by atomic mass is 16.5. The van der Waals surface area contributed by atoms with Crippen LogP contribution in [0.2, 0.25) is 0 Å². The average Bonchev–Trinajstić information content (AvgIpc) is 2.88. The van der Waals surface area contributed by atoms with Crippen LogP contribution in [0.15, 0.2) is 35.1 Å². The molecule has 7 nitrogen and oxygen atoms in total. The fourth-order valence-electron chi connectivity index (χ4n) is 2.75. The van der Waals surface area contributed by atoms with Gasteiger partial charge in [0.15, 0.2) is 0 Å². The predicted molar refractivity (Wildman–Crippen MR) is 89.0 cm³/mol. The molecular formula is C17H23N3O4. The summed E-state index contributed by atoms with van der Waals surface area (Å²) in [6.45, 7) is 3.65. The summed E-state index contributed by atoms with van der Waals surface area (Å²) in [5, 5.41) is 19.4. The summed E-state index contributed by atoms with van der Waals surface area (Å²) in [5.41, 5.74) is 2.47. The van der Waals surface area contributed by atoms with E-state index in [-0.39, 0.29) is 11.8 Å². The molecule has 1 amide bonds. The van der Waals surface area contributed by atoms with Crippen LogP contribution >= 0.6 is 0 Å². The Bertz CT molecular complexity index is 736. The molecule has 4 N–H and O–H groups in total. The molecular weight excluding hydrogens is 310 g/mol. The van der Waals surface area contributed by atoms with E-state index in [0.717, 1.165) is 10.1 Å². The van der Waals surface area contributed by atoms with Gasteiger partial charge in [-0.25, -0.2) is 10.3 Å². The number of aromatic nitrogens is 2. The van der Waals surface area contributed by atoms with E-state index in [1.165, 1.54) is 0 Å². The number of nitrogens with one attached hydrogen (secondary N) is 2. The Morgan fingerprint density at radius 1 is 1.29 bits per heavy atom. The standard InChI is InChI=1S/C17H23N3O4/c1-3-11(2)14(15(21)19-24)20-16(22)13(18-17(20)23)10-9-12-7-5-4-6-8-12/h4-8,11,14,22,24H,3,9-10H2,1-2H3,(H,18,23)(H,19,21). The highest BCUT2D eigenvalue weighted by Gasteiger charge is 2.30. The van der Waals surface area contributed by atoms with Crippen molar-refractivity contribution in [3.05, 3.63) is 52.1 Å². The lowest BCUT2D eigenvalue weighted by atomic mass is 9.98. The van der Waals surface area contributed by atoms with Gasteiger partial charge >= 0.3 is 5.69 Å². The quantitative estimate of drug-likeness (QED) is 0.457. The van der Waals surface area contributed by atoms with Crippen molar-refractivity contribution >= 4 is 5.91 Å². The first kappa shape index (κ1) is 17.8. The smallest absolute Gasteiger partial charge is 0.329 e. The Kier molecular flexibility index (Phi) is 5.81. The van der Waals surface area contributed by atoms with Crippen LogP contribution in [0.4, 0.5) is 0 Å². The molecule has 2 unspecified atom stereocenters. The molecule has 2 aromatic rings. The number of H-pyrrole nitrogens is 1. The highest BCUT2D eigenvalue weighted by Crippen LogP contribution is 2.26. The third kappa shape index (κ3) is 3.68. The topological polar surface area (TPSA) is 107 Å². The van der Waals surface area contributed by atoms with Crippen molar-refractivity contribution in [2.45, 2.75) is 39.2 Å². The fraction of sp³-hybridized carbons (Fsp3) is 0.412. The van der Waals surface area contributed by atoms with Gasteiger partial charge in [-0.2, -0.15) is 0 Å². The van der Waals surface area contributed by atoms with E-state index in [0.29, 0.717) is 25.0 Å². The summed E-state index contributed by atoms with van der Waals surface area (Å²) >= 11 is 0. The summed E-state index contributed by atoms with van der Waals surface area (Å²) in [7, 11) is 0. The lowest BCUT2D eigenvalue weighted by Crippen LogP contribution is -2.38. The van der Waals surface area contributed by atoms with E-state index in [9.17, 15) is 14.7 Å². The number of benzene rings is 1. The number of imidazole rings is 1. The number of aryl methyl sites for hydroxylation is 2. The number of aromatic amines is 1. The third-order valence-electron chi connectivity index (χ3n) is 4.32. The number of hydroxylamine groups is 1. The van der Waals surface area contributed by atoms with Crippen LogP contribution in [0, 0.1) is 5.92 Å². The zero-order valence-electron chi connectivity index (χ0n) is 13.8. The molecule has 0 aliphatic carbocycles. The summed E-state index contributed by atoms with van der Waals surface area (Å²) in [6.07, 6.45) is 1.69. The van der Waals surface area contributed by atoms with Gasteiger partial charge < -0.3 is 10.1 Å². The molecule has 0 aliphatic rings. The van der Waals surface area contributed by atoms with Crippen molar-refractivity contribution in [1.82, 2.24) is 15.0 Å². The number of rotatable bonds is 7. The molecule has 0 bridgehead atoms. The monoisotopic (exact) mass is 333 g/mol. The highest BCUT2D eigenvalue weighted by molar-refractivity contribution is 5.79. The zero-order valence-corrected chi connectivity index (χ0v) is 13.8. The van der Waals surface area contributed by atoms with Crippen LogP contribution in [0.1, 0.15) is 37.6 Å². The van der Waals surface area contributed by atoms with Crippen molar-refractivity contribution in [2.24, 2.45) is 5.92 Å². The molecule has 1 aromatic carbocycles. The van der Waals surface area contributed by atoms with E-state index < -0.39 is 17.6 Å². The molecule has 0 radical (unpaired) electrons. The van der Waals surface area contributed by atoms with Crippen molar-refractivity contribution in [3.63, 3.8) is 0 Å². The SMILES string of the molecule is CCC(C)C(C(=O)NO)n1c(O)c(CCc2ccccc2)[nH]c1=O. The van der Waals surface area contributed by atoms with E-state index in [4.69, 9.17) is 5.21 Å². The second kappa shape index (κ2) is 7.83. The van der Waals surface area contributed by atoms with E-state index in [1.807, 2.05) is 37.3 Å². The van der Waals surface area contributed by atoms with Gasteiger partial charge in [-0.05, 0) is 24.3 Å². The Hall–Kier alpha value is -2.54. The molecule has 0 saturated heterocycles. The normalized spacial score (nSPS) is 13.5. The van der Waals surface area contributed by atoms with Crippen LogP contribution < -0.4 is 11.2 Å². The van der Waals surface area contributed by atoms with Crippen molar-refractivity contribution in [2.75, 3.05) is 0 Å². The minimum atomic E-state index is -0.978. The molecule has 0 spiro atoms. The number of aromatic hydroxyl groups is 1. The summed E-state index contributed by atoms with van der Waals surface area (Å²) < 4.78 is 1.01. The molecule has 0 saturated carbocycles. The minimum Gasteiger partial charge on any atom is -0.493 e. The summed E-state index contributed by atoms with van der Waals surface area (Å²) in [4.78, 5) is 26.8. The van der Waals surface area contributed by atoms with Gasteiger partial charge in [-0.1, -0.05) is 50.6 Å². The van der Waals surface area contributed by atoms with Gasteiger partial charge in [0.2, 0.25) is 5.88 Å². The molecule has 2 atom stereocenters. The van der Waals surface area contributed by atoms with E-state index in [1.54, 1.807) is 12.4 Å². The van der Waals surface area contributed by atoms with E-state index >= 15 is 0 Å². The lowest BCUT2D eigenvalue weighted by molar-refractivity contribution is -0.134. The van der Waals surface area contributed by atoms with Crippen LogP contribution in [0.25, 0.3) is 0 Å². The number of carbonyl (C=O) groups excluding carboxylic acids is 1. The van der Waals surface area contributed by atoms with Crippen LogP contribution in [0.3, 0.4) is 0 Å². The van der Waals surface area contributed by atoms with Gasteiger partial charge in [0, 0.05) is 0 Å². The fourth-order valence-corrected chi connectivity index (χ4v) is 2.75. The molecule has 0 aliphatic heterocycles. The summed E-state index contributed by atoms with van der Waals surface area (Å²) in [6, 6.07) is 8.72. The maximum Gasteiger partial charge on any atom is 0.329 e. The number of hydrogen-bond donors (Lipinski definition) is 4. The Balaban J connectivity index is 2.30. The largest absolute Gasteiger partial charge is 0.493 e. The van der Waals surface area contributed by atoms with Gasteiger partial charge in [0.1, 0.15) is 6.04 Å². The molecule has 130 valence electrons. The second-order valence-electron chi connectivity index (χ2n) is 5.89. The van der Waals surface area contributed by atoms with Crippen molar-refractivity contribution in [1.29, 1.82) is 0 Å². The van der Waals surface area contributed by atoms with Crippen LogP contribution in [0.5, 0.6) is 5.88 Å².